The van der Waals surface area contributed by atoms with Gasteiger partial charge >= 0.3 is 0 Å². The van der Waals surface area contributed by atoms with Crippen LogP contribution in [0.4, 0.5) is 0 Å². The molecular weight excluding hydrogens is 374 g/mol. The number of nitrogens with two attached hydrogens (primary N) is 1. The molecule has 0 amide bonds. The van der Waals surface area contributed by atoms with Crippen LogP contribution in [0.5, 0.6) is 0 Å². The second-order valence-corrected chi connectivity index (χ2v) is 8.02. The minimum atomic E-state index is 0.179. The molecule has 1 nitrogen and oxygen atoms in total. The van der Waals surface area contributed by atoms with E-state index in [1.54, 1.807) is 11.3 Å². The first kappa shape index (κ1) is 16.4. The summed E-state index contributed by atoms with van der Waals surface area (Å²) in [6, 6.07) is 10.4. The zero-order valence-corrected chi connectivity index (χ0v) is 15.2. The Labute approximate surface area is 142 Å². The van der Waals surface area contributed by atoms with E-state index in [0.717, 1.165) is 21.7 Å². The van der Waals surface area contributed by atoms with Gasteiger partial charge in [0, 0.05) is 31.5 Å². The number of halogens is 2. The Hall–Kier alpha value is -0.0000000000000000833. The van der Waals surface area contributed by atoms with Gasteiger partial charge in [0.25, 0.3) is 0 Å². The van der Waals surface area contributed by atoms with Crippen molar-refractivity contribution in [3.8, 4) is 0 Å². The molecule has 0 fully saturated rings. The second-order valence-electron chi connectivity index (χ2n) is 4.60. The van der Waals surface area contributed by atoms with Crippen LogP contribution in [0.15, 0.2) is 40.2 Å². The van der Waals surface area contributed by atoms with E-state index in [0.29, 0.717) is 5.25 Å². The predicted octanol–water partition coefficient (Wildman–Crippen LogP) is 5.88. The average molecular weight is 391 g/mol. The molecule has 108 valence electrons. The van der Waals surface area contributed by atoms with Crippen LogP contribution in [0.3, 0.4) is 0 Å². The Morgan fingerprint density at radius 3 is 2.60 bits per heavy atom. The van der Waals surface area contributed by atoms with Crippen LogP contribution in [0.25, 0.3) is 0 Å². The third kappa shape index (κ3) is 4.50. The lowest BCUT2D eigenvalue weighted by Crippen LogP contribution is -2.25. The van der Waals surface area contributed by atoms with Gasteiger partial charge < -0.3 is 5.73 Å². The van der Waals surface area contributed by atoms with E-state index in [-0.39, 0.29) is 6.04 Å². The molecule has 0 bridgehead atoms. The molecule has 1 heterocycles. The zero-order valence-electron chi connectivity index (χ0n) is 11.2. The quantitative estimate of drug-likeness (QED) is 0.667. The Morgan fingerprint density at radius 1 is 1.35 bits per heavy atom. The van der Waals surface area contributed by atoms with Crippen LogP contribution in [-0.4, -0.2) is 6.04 Å². The molecule has 0 aliphatic carbocycles. The molecule has 2 rings (SSSR count). The van der Waals surface area contributed by atoms with Gasteiger partial charge in [-0.3, -0.25) is 0 Å². The van der Waals surface area contributed by atoms with Gasteiger partial charge in [-0.25, -0.2) is 0 Å². The molecule has 0 aliphatic rings. The van der Waals surface area contributed by atoms with Gasteiger partial charge in [-0.2, -0.15) is 0 Å². The summed E-state index contributed by atoms with van der Waals surface area (Å²) in [6.45, 7) is 2.14. The summed E-state index contributed by atoms with van der Waals surface area (Å²) in [7, 11) is 0. The monoisotopic (exact) mass is 389 g/mol. The Bertz CT molecular complexity index is 541. The predicted molar refractivity (Wildman–Crippen MR) is 95.8 cm³/mol. The van der Waals surface area contributed by atoms with Gasteiger partial charge in [0.05, 0.1) is 5.25 Å². The molecule has 1 aromatic carbocycles. The first-order valence-corrected chi connectivity index (χ1v) is 9.55. The highest BCUT2D eigenvalue weighted by Crippen LogP contribution is 2.39. The molecule has 1 aromatic heterocycles. The van der Waals surface area contributed by atoms with Crippen molar-refractivity contribution in [2.45, 2.75) is 30.4 Å². The van der Waals surface area contributed by atoms with Gasteiger partial charge in [0.15, 0.2) is 0 Å². The van der Waals surface area contributed by atoms with Crippen LogP contribution in [0.2, 0.25) is 5.02 Å². The highest BCUT2D eigenvalue weighted by atomic mass is 79.9. The highest BCUT2D eigenvalue weighted by molar-refractivity contribution is 9.10. The van der Waals surface area contributed by atoms with Crippen molar-refractivity contribution in [3.05, 3.63) is 55.6 Å². The minimum absolute atomic E-state index is 0.179. The van der Waals surface area contributed by atoms with Crippen molar-refractivity contribution in [2.75, 3.05) is 0 Å². The summed E-state index contributed by atoms with van der Waals surface area (Å²) < 4.78 is 1.14. The van der Waals surface area contributed by atoms with E-state index < -0.39 is 0 Å². The summed E-state index contributed by atoms with van der Waals surface area (Å²) >= 11 is 13.1. The first-order chi connectivity index (χ1) is 9.60. The number of benzene rings is 1. The van der Waals surface area contributed by atoms with Crippen molar-refractivity contribution in [1.29, 1.82) is 0 Å². The molecule has 5 heteroatoms. The third-order valence-corrected chi connectivity index (χ3v) is 6.71. The maximum atomic E-state index is 6.30. The molecule has 0 radical (unpaired) electrons. The molecule has 0 saturated heterocycles. The van der Waals surface area contributed by atoms with Crippen molar-refractivity contribution >= 4 is 50.6 Å². The van der Waals surface area contributed by atoms with E-state index >= 15 is 0 Å². The highest BCUT2D eigenvalue weighted by Gasteiger charge is 2.20. The number of thioether (sulfide) groups is 1. The van der Waals surface area contributed by atoms with Gasteiger partial charge in [-0.05, 0) is 46.1 Å². The van der Waals surface area contributed by atoms with Crippen LogP contribution >= 0.6 is 50.6 Å². The first-order valence-electron chi connectivity index (χ1n) is 6.45. The summed E-state index contributed by atoms with van der Waals surface area (Å²) in [4.78, 5) is 1.34. The van der Waals surface area contributed by atoms with E-state index in [1.165, 1.54) is 10.4 Å². The Kier molecular flexibility index (Phi) is 6.43. The molecule has 0 spiro atoms. The molecule has 0 saturated carbocycles. The fourth-order valence-corrected chi connectivity index (χ4v) is 5.11. The summed E-state index contributed by atoms with van der Waals surface area (Å²) in [5.41, 5.74) is 7.58. The molecular formula is C15H17BrClNS2. The van der Waals surface area contributed by atoms with Gasteiger partial charge in [0.2, 0.25) is 0 Å². The number of hydrogen-bond donors (Lipinski definition) is 1. The molecule has 2 N–H and O–H groups in total. The zero-order chi connectivity index (χ0) is 14.5. The van der Waals surface area contributed by atoms with E-state index in [4.69, 9.17) is 17.3 Å². The normalized spacial score (nSPS) is 14.2. The van der Waals surface area contributed by atoms with E-state index in [9.17, 15) is 0 Å². The SMILES string of the molecule is CCC(N)C(SCc1ccc(Cl)cc1)c1cc(Br)cs1. The number of rotatable bonds is 6. The topological polar surface area (TPSA) is 26.0 Å². The van der Waals surface area contributed by atoms with Crippen molar-refractivity contribution in [3.63, 3.8) is 0 Å². The molecule has 2 atom stereocenters. The molecule has 2 aromatic rings. The maximum absolute atomic E-state index is 6.30. The largest absolute Gasteiger partial charge is 0.326 e. The van der Waals surface area contributed by atoms with E-state index in [1.807, 2.05) is 23.9 Å². The van der Waals surface area contributed by atoms with E-state index in [2.05, 4.69) is 46.4 Å². The number of hydrogen-bond acceptors (Lipinski definition) is 3. The summed E-state index contributed by atoms with van der Waals surface area (Å²) in [5, 5.41) is 3.24. The summed E-state index contributed by atoms with van der Waals surface area (Å²) in [6.07, 6.45) is 0.980. The van der Waals surface area contributed by atoms with Crippen molar-refractivity contribution < 1.29 is 0 Å². The smallest absolute Gasteiger partial charge is 0.0545 e. The average Bonchev–Trinajstić information content (AvgIpc) is 2.87. The fourth-order valence-electron chi connectivity index (χ4n) is 1.87. The molecule has 20 heavy (non-hydrogen) atoms. The Morgan fingerprint density at radius 2 is 2.05 bits per heavy atom. The van der Waals surface area contributed by atoms with Crippen molar-refractivity contribution in [2.24, 2.45) is 5.73 Å². The van der Waals surface area contributed by atoms with Crippen LogP contribution in [0, 0.1) is 0 Å². The second kappa shape index (κ2) is 7.85. The van der Waals surface area contributed by atoms with Crippen LogP contribution in [-0.2, 0) is 5.75 Å². The van der Waals surface area contributed by atoms with Crippen LogP contribution in [0.1, 0.15) is 29.0 Å². The fraction of sp³-hybridized carbons (Fsp3) is 0.333. The Balaban J connectivity index is 2.06. The lowest BCUT2D eigenvalue weighted by atomic mass is 10.1. The standard InChI is InChI=1S/C15H17BrClNS2/c1-2-13(18)15(14-7-11(16)9-19-14)20-8-10-3-5-12(17)6-4-10/h3-7,9,13,15H,2,8,18H2,1H3. The molecule has 0 aliphatic heterocycles. The number of thiophene rings is 1. The lowest BCUT2D eigenvalue weighted by Gasteiger charge is -2.21. The van der Waals surface area contributed by atoms with Gasteiger partial charge in [-0.15, -0.1) is 23.1 Å². The van der Waals surface area contributed by atoms with Gasteiger partial charge in [-0.1, -0.05) is 30.7 Å². The third-order valence-electron chi connectivity index (χ3n) is 3.07. The molecule has 2 unspecified atom stereocenters. The summed E-state index contributed by atoms with van der Waals surface area (Å²) in [5.74, 6) is 0.949. The van der Waals surface area contributed by atoms with Crippen molar-refractivity contribution in [1.82, 2.24) is 0 Å². The van der Waals surface area contributed by atoms with Gasteiger partial charge in [0.1, 0.15) is 0 Å². The maximum Gasteiger partial charge on any atom is 0.0545 e. The van der Waals surface area contributed by atoms with Crippen LogP contribution < -0.4 is 5.73 Å². The minimum Gasteiger partial charge on any atom is -0.326 e. The lowest BCUT2D eigenvalue weighted by molar-refractivity contribution is 0.639.